The van der Waals surface area contributed by atoms with Crippen LogP contribution in [0.5, 0.6) is 0 Å². The highest BCUT2D eigenvalue weighted by Crippen LogP contribution is 2.53. The molecule has 1 nitrogen and oxygen atoms in total. The molecule has 0 N–H and O–H groups in total. The van der Waals surface area contributed by atoms with Gasteiger partial charge in [0.1, 0.15) is 0 Å². The Kier molecular flexibility index (Phi) is 5.91. The first-order valence-corrected chi connectivity index (χ1v) is 18.2. The third kappa shape index (κ3) is 4.01. The largest absolute Gasteiger partial charge is 0.247 e. The van der Waals surface area contributed by atoms with Crippen molar-refractivity contribution in [3.05, 3.63) is 173 Å². The molecule has 0 spiro atoms. The van der Waals surface area contributed by atoms with E-state index in [-0.39, 0.29) is 5.41 Å². The van der Waals surface area contributed by atoms with Gasteiger partial charge in [0.05, 0.1) is 11.2 Å². The molecule has 0 fully saturated rings. The van der Waals surface area contributed by atoms with E-state index in [1.54, 1.807) is 0 Å². The average molecular weight is 650 g/mol. The highest BCUT2D eigenvalue weighted by Gasteiger charge is 2.39. The maximum Gasteiger partial charge on any atom is 0.0759 e. The van der Waals surface area contributed by atoms with Crippen LogP contribution in [-0.2, 0) is 11.8 Å². The molecule has 1 heterocycles. The van der Waals surface area contributed by atoms with Crippen molar-refractivity contribution in [2.45, 2.75) is 32.1 Å². The summed E-state index contributed by atoms with van der Waals surface area (Å²) in [6, 6.07) is 49.7. The van der Waals surface area contributed by atoms with Crippen molar-refractivity contribution in [1.29, 1.82) is 0 Å². The summed E-state index contributed by atoms with van der Waals surface area (Å²) >= 11 is 0. The molecule has 0 amide bonds. The number of fused-ring (bicyclic) bond motifs is 5. The minimum Gasteiger partial charge on any atom is -0.247 e. The van der Waals surface area contributed by atoms with Gasteiger partial charge >= 0.3 is 0 Å². The van der Waals surface area contributed by atoms with E-state index in [4.69, 9.17) is 4.98 Å². The number of allylic oxidation sites excluding steroid dienone is 3. The van der Waals surface area contributed by atoms with Crippen molar-refractivity contribution in [2.24, 2.45) is 0 Å². The van der Waals surface area contributed by atoms with Gasteiger partial charge in [0, 0.05) is 16.4 Å². The van der Waals surface area contributed by atoms with E-state index < -0.39 is 0 Å². The minimum absolute atomic E-state index is 0.154. The SMILES string of the molecule is CC1(C)c2ccccc2-c2nc3ccccc3c(-c3ccc(-c4ccc(-c5ccc6ccc7c8c6c5CC=C8CC=C7)c5ccccc45)cc3)c21. The van der Waals surface area contributed by atoms with Crippen LogP contribution in [0.2, 0.25) is 0 Å². The molecule has 0 atom stereocenters. The third-order valence-electron chi connectivity index (χ3n) is 11.9. The molecule has 3 aliphatic carbocycles. The average Bonchev–Trinajstić information content (AvgIpc) is 3.41. The van der Waals surface area contributed by atoms with Crippen LogP contribution < -0.4 is 0 Å². The highest BCUT2D eigenvalue weighted by atomic mass is 14.7. The van der Waals surface area contributed by atoms with Crippen LogP contribution in [0, 0.1) is 0 Å². The van der Waals surface area contributed by atoms with Gasteiger partial charge in [-0.3, -0.25) is 0 Å². The van der Waals surface area contributed by atoms with Crippen LogP contribution in [-0.4, -0.2) is 4.98 Å². The molecule has 7 aromatic carbocycles. The van der Waals surface area contributed by atoms with E-state index in [1.807, 2.05) is 0 Å². The molecule has 240 valence electrons. The van der Waals surface area contributed by atoms with Crippen molar-refractivity contribution in [3.63, 3.8) is 0 Å². The lowest BCUT2D eigenvalue weighted by molar-refractivity contribution is 0.662. The van der Waals surface area contributed by atoms with Crippen LogP contribution in [0.1, 0.15) is 48.1 Å². The number of aromatic nitrogens is 1. The predicted octanol–water partition coefficient (Wildman–Crippen LogP) is 13.2. The lowest BCUT2D eigenvalue weighted by Crippen LogP contribution is -2.16. The van der Waals surface area contributed by atoms with Crippen molar-refractivity contribution >= 4 is 44.1 Å². The number of pyridine rings is 1. The fraction of sp³-hybridized carbons (Fsp3) is 0.100. The van der Waals surface area contributed by atoms with E-state index >= 15 is 0 Å². The van der Waals surface area contributed by atoms with Crippen LogP contribution >= 0.6 is 0 Å². The van der Waals surface area contributed by atoms with Gasteiger partial charge in [-0.05, 0) is 107 Å². The van der Waals surface area contributed by atoms with Crippen molar-refractivity contribution in [2.75, 3.05) is 0 Å². The van der Waals surface area contributed by atoms with Crippen LogP contribution in [0.25, 0.3) is 88.7 Å². The number of hydrogen-bond acceptors (Lipinski definition) is 1. The lowest BCUT2D eigenvalue weighted by atomic mass is 9.78. The number of hydrogen-bond donors (Lipinski definition) is 0. The van der Waals surface area contributed by atoms with Crippen molar-refractivity contribution in [3.8, 4) is 44.6 Å². The van der Waals surface area contributed by atoms with Crippen molar-refractivity contribution in [1.82, 2.24) is 4.98 Å². The summed E-state index contributed by atoms with van der Waals surface area (Å²) in [6.07, 6.45) is 9.07. The minimum atomic E-state index is -0.154. The zero-order chi connectivity index (χ0) is 33.8. The monoisotopic (exact) mass is 649 g/mol. The van der Waals surface area contributed by atoms with E-state index in [1.165, 1.54) is 99.3 Å². The number of rotatable bonds is 3. The zero-order valence-corrected chi connectivity index (χ0v) is 28.8. The Morgan fingerprint density at radius 3 is 2.10 bits per heavy atom. The second kappa shape index (κ2) is 10.5. The van der Waals surface area contributed by atoms with E-state index in [9.17, 15) is 0 Å². The molecule has 11 rings (SSSR count). The quantitative estimate of drug-likeness (QED) is 0.186. The normalized spacial score (nSPS) is 14.9. The smallest absolute Gasteiger partial charge is 0.0759 e. The van der Waals surface area contributed by atoms with Gasteiger partial charge in [0.2, 0.25) is 0 Å². The Hall–Kier alpha value is -6.05. The van der Waals surface area contributed by atoms with Crippen molar-refractivity contribution < 1.29 is 0 Å². The molecule has 3 aliphatic rings. The first-order chi connectivity index (χ1) is 25.1. The standard InChI is InChI=1S/C50H35N/c1-50(2)43-16-7-5-14-41(43)49-48(50)47(42-15-6-8-17-44(42)51-49)34-20-18-30(19-21-34)35-28-29-38(37-13-4-3-12-36(35)37)39-26-24-33-23-22-31-10-9-11-32-25-27-40(39)46(33)45(31)32/h3-10,12-26,28-29H,11,27H2,1-2H3. The van der Waals surface area contributed by atoms with Gasteiger partial charge in [-0.25, -0.2) is 4.98 Å². The fourth-order valence-corrected chi connectivity index (χ4v) is 9.57. The molecular formula is C50H35N. The summed E-state index contributed by atoms with van der Waals surface area (Å²) in [4.78, 5) is 5.26. The Balaban J connectivity index is 1.06. The second-order valence-electron chi connectivity index (χ2n) is 14.9. The van der Waals surface area contributed by atoms with Crippen LogP contribution in [0.3, 0.4) is 0 Å². The van der Waals surface area contributed by atoms with Crippen LogP contribution in [0.4, 0.5) is 0 Å². The van der Waals surface area contributed by atoms with Gasteiger partial charge in [-0.1, -0.05) is 159 Å². The molecule has 8 aromatic rings. The Bertz CT molecular complexity index is 2860. The van der Waals surface area contributed by atoms with Gasteiger partial charge in [0.25, 0.3) is 0 Å². The molecule has 1 heteroatoms. The third-order valence-corrected chi connectivity index (χ3v) is 11.9. The molecule has 0 unspecified atom stereocenters. The summed E-state index contributed by atoms with van der Waals surface area (Å²) in [5, 5.41) is 6.57. The maximum absolute atomic E-state index is 5.26. The molecule has 1 aromatic heterocycles. The fourth-order valence-electron chi connectivity index (χ4n) is 9.57. The van der Waals surface area contributed by atoms with Gasteiger partial charge in [-0.2, -0.15) is 0 Å². The molecule has 0 saturated heterocycles. The summed E-state index contributed by atoms with van der Waals surface area (Å²) in [5.74, 6) is 0. The molecular weight excluding hydrogens is 615 g/mol. The Labute approximate surface area is 298 Å². The first-order valence-electron chi connectivity index (χ1n) is 18.2. The lowest BCUT2D eigenvalue weighted by Gasteiger charge is -2.25. The molecule has 0 saturated carbocycles. The van der Waals surface area contributed by atoms with Crippen LogP contribution in [0.15, 0.2) is 146 Å². The summed E-state index contributed by atoms with van der Waals surface area (Å²) in [7, 11) is 0. The predicted molar refractivity (Wildman–Crippen MR) is 216 cm³/mol. The van der Waals surface area contributed by atoms with E-state index in [2.05, 4.69) is 166 Å². The van der Waals surface area contributed by atoms with Gasteiger partial charge < -0.3 is 0 Å². The molecule has 51 heavy (non-hydrogen) atoms. The Morgan fingerprint density at radius 1 is 0.549 bits per heavy atom. The molecule has 0 aliphatic heterocycles. The maximum atomic E-state index is 5.26. The summed E-state index contributed by atoms with van der Waals surface area (Å²) < 4.78 is 0. The van der Waals surface area contributed by atoms with E-state index in [0.717, 1.165) is 24.1 Å². The molecule has 0 radical (unpaired) electrons. The first kappa shape index (κ1) is 28.8. The summed E-state index contributed by atoms with van der Waals surface area (Å²) in [5.41, 5.74) is 19.3. The van der Waals surface area contributed by atoms with E-state index in [0.29, 0.717) is 0 Å². The van der Waals surface area contributed by atoms with Gasteiger partial charge in [-0.15, -0.1) is 0 Å². The number of nitrogens with zero attached hydrogens (tertiary/aromatic N) is 1. The summed E-state index contributed by atoms with van der Waals surface area (Å²) in [6.45, 7) is 4.70. The topological polar surface area (TPSA) is 12.9 Å². The Morgan fingerprint density at radius 2 is 1.24 bits per heavy atom. The second-order valence-corrected chi connectivity index (χ2v) is 14.9. The number of para-hydroxylation sites is 1. The molecule has 0 bridgehead atoms. The van der Waals surface area contributed by atoms with Gasteiger partial charge in [0.15, 0.2) is 0 Å². The highest BCUT2D eigenvalue weighted by molar-refractivity contribution is 6.10. The number of benzene rings is 7. The zero-order valence-electron chi connectivity index (χ0n) is 28.8.